The number of carbonyl (C=O) groups is 3. The van der Waals surface area contributed by atoms with Crippen molar-refractivity contribution < 1.29 is 14.4 Å². The number of rotatable bonds is 4. The Balaban J connectivity index is 1.65. The Hall–Kier alpha value is -2.86. The van der Waals surface area contributed by atoms with E-state index in [0.717, 1.165) is 15.5 Å². The lowest BCUT2D eigenvalue weighted by Crippen LogP contribution is -2.31. The van der Waals surface area contributed by atoms with Gasteiger partial charge in [0.25, 0.3) is 0 Å². The molecule has 1 aliphatic carbocycles. The van der Waals surface area contributed by atoms with Crippen LogP contribution < -0.4 is 10.2 Å². The van der Waals surface area contributed by atoms with Crippen LogP contribution in [-0.4, -0.2) is 17.7 Å². The summed E-state index contributed by atoms with van der Waals surface area (Å²) in [5.74, 6) is -1.34. The Morgan fingerprint density at radius 3 is 2.11 bits per heavy atom. The zero-order chi connectivity index (χ0) is 19.7. The third kappa shape index (κ3) is 3.47. The van der Waals surface area contributed by atoms with Gasteiger partial charge in [0.1, 0.15) is 0 Å². The average Bonchev–Trinajstić information content (AvgIpc) is 2.93. The van der Waals surface area contributed by atoms with E-state index >= 15 is 0 Å². The Kier molecular flexibility index (Phi) is 5.05. The van der Waals surface area contributed by atoms with Crippen molar-refractivity contribution in [3.8, 4) is 0 Å². The molecule has 1 aliphatic heterocycles. The van der Waals surface area contributed by atoms with Crippen LogP contribution in [0, 0.1) is 11.8 Å². The number of para-hydroxylation sites is 1. The van der Waals surface area contributed by atoms with E-state index < -0.39 is 11.8 Å². The monoisotopic (exact) mass is 392 g/mol. The van der Waals surface area contributed by atoms with Crippen molar-refractivity contribution in [2.24, 2.45) is 11.8 Å². The van der Waals surface area contributed by atoms with Crippen molar-refractivity contribution in [3.05, 3.63) is 71.3 Å². The number of nitrogens with one attached hydrogen (secondary N) is 1. The predicted octanol–water partition coefficient (Wildman–Crippen LogP) is 3.73. The lowest BCUT2D eigenvalue weighted by atomic mass is 9.83. The largest absolute Gasteiger partial charge is 0.329 e. The van der Waals surface area contributed by atoms with Crippen molar-refractivity contribution >= 4 is 35.2 Å². The molecule has 1 heterocycles. The molecular weight excluding hydrogens is 372 g/mol. The van der Waals surface area contributed by atoms with Gasteiger partial charge in [-0.2, -0.15) is 0 Å². The van der Waals surface area contributed by atoms with Crippen molar-refractivity contribution in [1.82, 2.24) is 5.32 Å². The van der Waals surface area contributed by atoms with Crippen LogP contribution in [0.1, 0.15) is 19.8 Å². The summed E-state index contributed by atoms with van der Waals surface area (Å²) < 4.78 is 0. The van der Waals surface area contributed by atoms with Crippen LogP contribution in [0.2, 0.25) is 0 Å². The van der Waals surface area contributed by atoms with E-state index in [1.807, 2.05) is 48.5 Å². The van der Waals surface area contributed by atoms with Gasteiger partial charge in [0.2, 0.25) is 17.7 Å². The molecule has 1 fully saturated rings. The van der Waals surface area contributed by atoms with E-state index in [4.69, 9.17) is 0 Å². The second kappa shape index (κ2) is 7.64. The first kappa shape index (κ1) is 18.5. The number of carbonyl (C=O) groups excluding carboxylic acids is 3. The topological polar surface area (TPSA) is 66.5 Å². The summed E-state index contributed by atoms with van der Waals surface area (Å²) in [5, 5.41) is 2.89. The van der Waals surface area contributed by atoms with Gasteiger partial charge in [-0.1, -0.05) is 48.2 Å². The van der Waals surface area contributed by atoms with E-state index in [1.54, 1.807) is 23.9 Å². The van der Waals surface area contributed by atoms with Crippen LogP contribution in [0.15, 0.2) is 76.2 Å². The summed E-state index contributed by atoms with van der Waals surface area (Å²) in [5.41, 5.74) is 1.35. The SMILES string of the molecule is CC(=O)NC1=C(Sc2ccccc2)CC2C(=O)N(c3ccccc3)C(=O)C2C1. The molecule has 0 radical (unpaired) electrons. The molecule has 0 spiro atoms. The second-order valence-corrected chi connectivity index (χ2v) is 8.14. The average molecular weight is 392 g/mol. The summed E-state index contributed by atoms with van der Waals surface area (Å²) in [4.78, 5) is 41.1. The molecule has 0 saturated carbocycles. The van der Waals surface area contributed by atoms with Gasteiger partial charge in [0.15, 0.2) is 0 Å². The molecule has 28 heavy (non-hydrogen) atoms. The van der Waals surface area contributed by atoms with Crippen molar-refractivity contribution in [1.29, 1.82) is 0 Å². The van der Waals surface area contributed by atoms with E-state index in [9.17, 15) is 14.4 Å². The molecule has 2 atom stereocenters. The number of hydrogen-bond acceptors (Lipinski definition) is 4. The third-order valence-electron chi connectivity index (χ3n) is 5.05. The van der Waals surface area contributed by atoms with Crippen LogP contribution in [0.5, 0.6) is 0 Å². The summed E-state index contributed by atoms with van der Waals surface area (Å²) in [6.07, 6.45) is 0.821. The van der Waals surface area contributed by atoms with E-state index in [2.05, 4.69) is 5.32 Å². The fourth-order valence-electron chi connectivity index (χ4n) is 3.80. The fourth-order valence-corrected chi connectivity index (χ4v) is 4.90. The minimum atomic E-state index is -0.435. The number of benzene rings is 2. The summed E-state index contributed by atoms with van der Waals surface area (Å²) in [6, 6.07) is 18.9. The number of imide groups is 1. The van der Waals surface area contributed by atoms with E-state index in [0.29, 0.717) is 18.5 Å². The minimum absolute atomic E-state index is 0.158. The maximum atomic E-state index is 13.1. The number of thioether (sulfide) groups is 1. The third-order valence-corrected chi connectivity index (χ3v) is 6.22. The molecule has 2 aliphatic rings. The van der Waals surface area contributed by atoms with Crippen LogP contribution in [0.3, 0.4) is 0 Å². The molecule has 4 rings (SSSR count). The van der Waals surface area contributed by atoms with Gasteiger partial charge in [-0.3, -0.25) is 19.3 Å². The highest BCUT2D eigenvalue weighted by Crippen LogP contribution is 2.46. The molecule has 2 unspecified atom stereocenters. The first-order chi connectivity index (χ1) is 13.5. The molecule has 2 aromatic carbocycles. The maximum Gasteiger partial charge on any atom is 0.238 e. The van der Waals surface area contributed by atoms with Crippen molar-refractivity contribution in [2.45, 2.75) is 24.7 Å². The summed E-state index contributed by atoms with van der Waals surface area (Å²) >= 11 is 1.55. The Labute approximate surface area is 167 Å². The number of hydrogen-bond donors (Lipinski definition) is 1. The zero-order valence-electron chi connectivity index (χ0n) is 15.4. The van der Waals surface area contributed by atoms with Crippen LogP contribution >= 0.6 is 11.8 Å². The number of fused-ring (bicyclic) bond motifs is 1. The lowest BCUT2D eigenvalue weighted by molar-refractivity contribution is -0.123. The smallest absolute Gasteiger partial charge is 0.238 e. The molecule has 5 nitrogen and oxygen atoms in total. The highest BCUT2D eigenvalue weighted by atomic mass is 32.2. The van der Waals surface area contributed by atoms with Crippen LogP contribution in [-0.2, 0) is 14.4 Å². The summed E-state index contributed by atoms with van der Waals surface area (Å²) in [6.45, 7) is 1.46. The molecule has 0 aromatic heterocycles. The van der Waals surface area contributed by atoms with Gasteiger partial charge in [-0.05, 0) is 30.7 Å². The molecule has 3 amide bonds. The number of nitrogens with zero attached hydrogens (tertiary/aromatic N) is 1. The lowest BCUT2D eigenvalue weighted by Gasteiger charge is -2.27. The number of anilines is 1. The van der Waals surface area contributed by atoms with Gasteiger partial charge in [-0.25, -0.2) is 0 Å². The fraction of sp³-hybridized carbons (Fsp3) is 0.227. The quantitative estimate of drug-likeness (QED) is 0.806. The molecular formula is C22H20N2O3S. The Morgan fingerprint density at radius 1 is 0.929 bits per heavy atom. The Bertz CT molecular complexity index is 956. The number of allylic oxidation sites excluding steroid dienone is 2. The van der Waals surface area contributed by atoms with Gasteiger partial charge in [0.05, 0.1) is 17.5 Å². The molecule has 1 N–H and O–H groups in total. The maximum absolute atomic E-state index is 13.1. The van der Waals surface area contributed by atoms with Gasteiger partial charge in [0, 0.05) is 28.8 Å². The van der Waals surface area contributed by atoms with Crippen molar-refractivity contribution in [2.75, 3.05) is 4.90 Å². The molecule has 142 valence electrons. The first-order valence-electron chi connectivity index (χ1n) is 9.20. The van der Waals surface area contributed by atoms with Crippen LogP contribution in [0.25, 0.3) is 0 Å². The number of amides is 3. The highest BCUT2D eigenvalue weighted by molar-refractivity contribution is 8.03. The van der Waals surface area contributed by atoms with Gasteiger partial charge >= 0.3 is 0 Å². The molecule has 0 bridgehead atoms. The minimum Gasteiger partial charge on any atom is -0.329 e. The summed E-state index contributed by atoms with van der Waals surface area (Å²) in [7, 11) is 0. The second-order valence-electron chi connectivity index (χ2n) is 6.97. The molecule has 6 heteroatoms. The van der Waals surface area contributed by atoms with Crippen LogP contribution in [0.4, 0.5) is 5.69 Å². The van der Waals surface area contributed by atoms with E-state index in [1.165, 1.54) is 11.8 Å². The van der Waals surface area contributed by atoms with Gasteiger partial charge < -0.3 is 5.32 Å². The normalized spacial score (nSPS) is 21.7. The zero-order valence-corrected chi connectivity index (χ0v) is 16.2. The van der Waals surface area contributed by atoms with Gasteiger partial charge in [-0.15, -0.1) is 0 Å². The Morgan fingerprint density at radius 2 is 1.50 bits per heavy atom. The van der Waals surface area contributed by atoms with E-state index in [-0.39, 0.29) is 17.7 Å². The molecule has 1 saturated heterocycles. The first-order valence-corrected chi connectivity index (χ1v) is 10.0. The van der Waals surface area contributed by atoms with Crippen molar-refractivity contribution in [3.63, 3.8) is 0 Å². The predicted molar refractivity (Wildman–Crippen MR) is 108 cm³/mol. The highest BCUT2D eigenvalue weighted by Gasteiger charge is 2.50. The standard InChI is InChI=1S/C22H20N2O3S/c1-14(25)23-19-12-17-18(13-20(19)28-16-10-6-3-7-11-16)22(27)24(21(17)26)15-8-4-2-5-9-15/h2-11,17-18H,12-13H2,1H3,(H,23,25). The molecule has 2 aromatic rings.